The first-order valence-electron chi connectivity index (χ1n) is 6.43. The van der Waals surface area contributed by atoms with Crippen molar-refractivity contribution in [1.29, 1.82) is 0 Å². The van der Waals surface area contributed by atoms with Crippen molar-refractivity contribution in [2.24, 2.45) is 0 Å². The Morgan fingerprint density at radius 2 is 1.79 bits per heavy atom. The van der Waals surface area contributed by atoms with Crippen LogP contribution >= 0.6 is 12.1 Å². The zero-order valence-corrected chi connectivity index (χ0v) is 12.7. The van der Waals surface area contributed by atoms with Crippen LogP contribution in [0.2, 0.25) is 0 Å². The molecule has 1 aromatic rings. The van der Waals surface area contributed by atoms with Crippen LogP contribution in [0.25, 0.3) is 0 Å². The molecule has 0 spiro atoms. The minimum atomic E-state index is -0.0319. The summed E-state index contributed by atoms with van der Waals surface area (Å²) in [6.45, 7) is 9.88. The largest absolute Gasteiger partial charge is 0.324 e. The standard InChI is InChI=1S/C14H21FN2OS/c1-5-17(6-2)9-13(18)16-14-10(3)7-12(19-15)8-11(14)4/h7-8H,5-6,9H2,1-4H3,(H,16,18). The molecule has 1 rings (SSSR count). The van der Waals surface area contributed by atoms with Gasteiger partial charge < -0.3 is 5.32 Å². The van der Waals surface area contributed by atoms with Gasteiger partial charge in [0.15, 0.2) is 0 Å². The van der Waals surface area contributed by atoms with Crippen molar-refractivity contribution < 1.29 is 8.68 Å². The average Bonchev–Trinajstić information content (AvgIpc) is 2.39. The van der Waals surface area contributed by atoms with E-state index in [0.29, 0.717) is 11.4 Å². The third-order valence-corrected chi connectivity index (χ3v) is 3.54. The first-order chi connectivity index (χ1) is 9.01. The Morgan fingerprint density at radius 3 is 2.21 bits per heavy atom. The van der Waals surface area contributed by atoms with Gasteiger partial charge in [-0.25, -0.2) is 0 Å². The number of amides is 1. The number of nitrogens with one attached hydrogen (secondary N) is 1. The number of likely N-dealkylation sites (N-methyl/N-ethyl adjacent to an activating group) is 1. The molecule has 106 valence electrons. The molecule has 1 N–H and O–H groups in total. The molecule has 0 saturated carbocycles. The van der Waals surface area contributed by atoms with E-state index in [1.807, 2.05) is 32.6 Å². The molecule has 0 aromatic heterocycles. The van der Waals surface area contributed by atoms with E-state index in [1.54, 1.807) is 12.1 Å². The van der Waals surface area contributed by atoms with Crippen molar-refractivity contribution in [3.05, 3.63) is 23.3 Å². The van der Waals surface area contributed by atoms with E-state index in [2.05, 4.69) is 5.32 Å². The monoisotopic (exact) mass is 284 g/mol. The Hall–Kier alpha value is -1.07. The second-order valence-corrected chi connectivity index (χ2v) is 5.14. The molecule has 0 radical (unpaired) electrons. The summed E-state index contributed by atoms with van der Waals surface area (Å²) in [6.07, 6.45) is 0. The number of carbonyl (C=O) groups excluding carboxylic acids is 1. The molecule has 0 bridgehead atoms. The van der Waals surface area contributed by atoms with Crippen LogP contribution in [0.5, 0.6) is 0 Å². The highest BCUT2D eigenvalue weighted by Crippen LogP contribution is 2.28. The highest BCUT2D eigenvalue weighted by Gasteiger charge is 2.11. The van der Waals surface area contributed by atoms with Gasteiger partial charge in [-0.15, -0.1) is 0 Å². The van der Waals surface area contributed by atoms with Crippen LogP contribution in [0.4, 0.5) is 9.57 Å². The quantitative estimate of drug-likeness (QED) is 0.867. The fraction of sp³-hybridized carbons (Fsp3) is 0.500. The van der Waals surface area contributed by atoms with Gasteiger partial charge in [-0.05, 0) is 50.2 Å². The summed E-state index contributed by atoms with van der Waals surface area (Å²) in [7, 11) is 0. The molecule has 19 heavy (non-hydrogen) atoms. The predicted molar refractivity (Wildman–Crippen MR) is 79.3 cm³/mol. The van der Waals surface area contributed by atoms with E-state index in [1.165, 1.54) is 0 Å². The van der Waals surface area contributed by atoms with E-state index >= 15 is 0 Å². The van der Waals surface area contributed by atoms with Gasteiger partial charge in [0.05, 0.1) is 18.7 Å². The highest BCUT2D eigenvalue weighted by molar-refractivity contribution is 7.94. The lowest BCUT2D eigenvalue weighted by Gasteiger charge is -2.19. The Morgan fingerprint density at radius 1 is 1.26 bits per heavy atom. The number of benzene rings is 1. The zero-order chi connectivity index (χ0) is 14.4. The number of aryl methyl sites for hydroxylation is 2. The molecule has 0 saturated heterocycles. The second-order valence-electron chi connectivity index (χ2n) is 4.52. The molecule has 0 aliphatic carbocycles. The second kappa shape index (κ2) is 7.50. The van der Waals surface area contributed by atoms with Crippen LogP contribution in [0.3, 0.4) is 0 Å². The topological polar surface area (TPSA) is 32.3 Å². The molecule has 0 fully saturated rings. The van der Waals surface area contributed by atoms with Crippen molar-refractivity contribution in [2.75, 3.05) is 25.0 Å². The minimum Gasteiger partial charge on any atom is -0.324 e. The van der Waals surface area contributed by atoms with E-state index in [4.69, 9.17) is 0 Å². The van der Waals surface area contributed by atoms with Gasteiger partial charge in [0.2, 0.25) is 5.91 Å². The molecule has 1 aromatic carbocycles. The number of halogens is 1. The van der Waals surface area contributed by atoms with Crippen LogP contribution in [0.1, 0.15) is 25.0 Å². The van der Waals surface area contributed by atoms with Gasteiger partial charge in [0.1, 0.15) is 0 Å². The van der Waals surface area contributed by atoms with Gasteiger partial charge >= 0.3 is 0 Å². The van der Waals surface area contributed by atoms with Gasteiger partial charge in [-0.3, -0.25) is 9.69 Å². The Kier molecular flexibility index (Phi) is 6.31. The normalized spacial score (nSPS) is 10.8. The average molecular weight is 284 g/mol. The van der Waals surface area contributed by atoms with E-state index in [-0.39, 0.29) is 18.1 Å². The number of carbonyl (C=O) groups is 1. The van der Waals surface area contributed by atoms with Crippen LogP contribution in [0.15, 0.2) is 17.0 Å². The molecule has 1 amide bonds. The molecule has 5 heteroatoms. The van der Waals surface area contributed by atoms with Crippen LogP contribution in [-0.4, -0.2) is 30.4 Å². The van der Waals surface area contributed by atoms with Gasteiger partial charge in [-0.1, -0.05) is 13.8 Å². The Balaban J connectivity index is 2.79. The lowest BCUT2D eigenvalue weighted by atomic mass is 10.1. The summed E-state index contributed by atoms with van der Waals surface area (Å²) in [4.78, 5) is 14.6. The van der Waals surface area contributed by atoms with Crippen molar-refractivity contribution in [1.82, 2.24) is 4.90 Å². The van der Waals surface area contributed by atoms with Gasteiger partial charge in [-0.2, -0.15) is 3.89 Å². The van der Waals surface area contributed by atoms with Gasteiger partial charge in [0.25, 0.3) is 0 Å². The summed E-state index contributed by atoms with van der Waals surface area (Å²) in [6, 6.07) is 3.48. The fourth-order valence-electron chi connectivity index (χ4n) is 1.99. The van der Waals surface area contributed by atoms with Crippen molar-refractivity contribution in [2.45, 2.75) is 32.6 Å². The molecule has 0 aliphatic heterocycles. The number of rotatable bonds is 6. The van der Waals surface area contributed by atoms with E-state index in [9.17, 15) is 8.68 Å². The maximum atomic E-state index is 12.6. The zero-order valence-electron chi connectivity index (χ0n) is 11.9. The Bertz CT molecular complexity index is 424. The molecule has 0 unspecified atom stereocenters. The van der Waals surface area contributed by atoms with Crippen LogP contribution in [0, 0.1) is 13.8 Å². The molecular weight excluding hydrogens is 263 g/mol. The summed E-state index contributed by atoms with van der Waals surface area (Å²) in [5.74, 6) is -0.0319. The molecular formula is C14H21FN2OS. The summed E-state index contributed by atoms with van der Waals surface area (Å²) in [5.41, 5.74) is 2.55. The molecule has 0 atom stereocenters. The summed E-state index contributed by atoms with van der Waals surface area (Å²) in [5, 5.41) is 2.92. The number of nitrogens with zero attached hydrogens (tertiary/aromatic N) is 1. The Labute approximate surface area is 118 Å². The lowest BCUT2D eigenvalue weighted by Crippen LogP contribution is -2.33. The molecule has 0 aliphatic rings. The first kappa shape index (κ1) is 16.0. The minimum absolute atomic E-state index is 0.0319. The van der Waals surface area contributed by atoms with Crippen molar-refractivity contribution in [3.8, 4) is 0 Å². The third kappa shape index (κ3) is 4.51. The van der Waals surface area contributed by atoms with Crippen molar-refractivity contribution in [3.63, 3.8) is 0 Å². The smallest absolute Gasteiger partial charge is 0.238 e. The molecule has 3 nitrogen and oxygen atoms in total. The number of hydrogen-bond acceptors (Lipinski definition) is 3. The lowest BCUT2D eigenvalue weighted by molar-refractivity contribution is -0.117. The summed E-state index contributed by atoms with van der Waals surface area (Å²) >= 11 is 0.222. The van der Waals surface area contributed by atoms with Crippen LogP contribution in [-0.2, 0) is 4.79 Å². The third-order valence-electron chi connectivity index (χ3n) is 3.12. The van der Waals surface area contributed by atoms with E-state index in [0.717, 1.165) is 29.9 Å². The number of hydrogen-bond donors (Lipinski definition) is 1. The maximum Gasteiger partial charge on any atom is 0.238 e. The SMILES string of the molecule is CCN(CC)CC(=O)Nc1c(C)cc(SF)cc1C. The van der Waals surface area contributed by atoms with Crippen LogP contribution < -0.4 is 5.32 Å². The predicted octanol–water partition coefficient (Wildman–Crippen LogP) is 3.56. The van der Waals surface area contributed by atoms with E-state index < -0.39 is 0 Å². The van der Waals surface area contributed by atoms with Gasteiger partial charge in [0, 0.05) is 10.6 Å². The fourth-order valence-corrected chi connectivity index (χ4v) is 2.44. The number of anilines is 1. The first-order valence-corrected chi connectivity index (χ1v) is 7.15. The summed E-state index contributed by atoms with van der Waals surface area (Å²) < 4.78 is 12.6. The maximum absolute atomic E-state index is 12.6. The molecule has 0 heterocycles. The van der Waals surface area contributed by atoms with Crippen molar-refractivity contribution >= 4 is 23.7 Å². The highest BCUT2D eigenvalue weighted by atomic mass is 32.2.